The highest BCUT2D eigenvalue weighted by Crippen LogP contribution is 2.29. The molecule has 0 saturated heterocycles. The van der Waals surface area contributed by atoms with Gasteiger partial charge in [-0.25, -0.2) is 0 Å². The summed E-state index contributed by atoms with van der Waals surface area (Å²) in [6.07, 6.45) is -4.33. The number of hydrogen-bond donors (Lipinski definition) is 1. The van der Waals surface area contributed by atoms with Crippen molar-refractivity contribution in [1.29, 1.82) is 0 Å². The monoisotopic (exact) mass is 259 g/mol. The van der Waals surface area contributed by atoms with Gasteiger partial charge in [0.25, 0.3) is 0 Å². The maximum absolute atomic E-state index is 12.4. The highest BCUT2D eigenvalue weighted by molar-refractivity contribution is 5.78. The number of halogens is 3. The lowest BCUT2D eigenvalue weighted by Gasteiger charge is -2.16. The normalized spacial score (nSPS) is 13.5. The van der Waals surface area contributed by atoms with Gasteiger partial charge in [0.2, 0.25) is 5.91 Å². The summed E-state index contributed by atoms with van der Waals surface area (Å²) in [5, 5.41) is 2.73. The van der Waals surface area contributed by atoms with Gasteiger partial charge in [-0.15, -0.1) is 0 Å². The third-order valence-corrected chi connectivity index (χ3v) is 2.62. The minimum absolute atomic E-state index is 0.123. The summed E-state index contributed by atoms with van der Waals surface area (Å²) in [6.45, 7) is 5.26. The Labute approximate surface area is 104 Å². The Morgan fingerprint density at radius 1 is 1.11 bits per heavy atom. The molecule has 1 aromatic carbocycles. The van der Waals surface area contributed by atoms with Crippen LogP contribution in [0.1, 0.15) is 37.9 Å². The van der Waals surface area contributed by atoms with Gasteiger partial charge in [0.1, 0.15) is 0 Å². The minimum atomic E-state index is -4.33. The van der Waals surface area contributed by atoms with Crippen LogP contribution in [0.2, 0.25) is 0 Å². The van der Waals surface area contributed by atoms with Gasteiger partial charge >= 0.3 is 6.18 Å². The SMILES string of the molecule is CC(C)C(=O)N[C@H](C)c1ccc(C(F)(F)F)cc1. The average molecular weight is 259 g/mol. The molecular formula is C13H16F3NO. The highest BCUT2D eigenvalue weighted by Gasteiger charge is 2.30. The molecule has 0 radical (unpaired) electrons. The van der Waals surface area contributed by atoms with Crippen molar-refractivity contribution in [3.05, 3.63) is 35.4 Å². The standard InChI is InChI=1S/C13H16F3NO/c1-8(2)12(18)17-9(3)10-4-6-11(7-5-10)13(14,15)16/h4-9H,1-3H3,(H,17,18)/t9-/m1/s1. The molecule has 2 nitrogen and oxygen atoms in total. The van der Waals surface area contributed by atoms with Crippen LogP contribution in [0.5, 0.6) is 0 Å². The Bertz CT molecular complexity index is 409. The maximum Gasteiger partial charge on any atom is 0.416 e. The number of amides is 1. The molecule has 5 heteroatoms. The van der Waals surface area contributed by atoms with E-state index in [0.29, 0.717) is 5.56 Å². The van der Waals surface area contributed by atoms with Crippen molar-refractivity contribution in [1.82, 2.24) is 5.32 Å². The van der Waals surface area contributed by atoms with Crippen LogP contribution in [0, 0.1) is 5.92 Å². The average Bonchev–Trinajstić information content (AvgIpc) is 2.27. The predicted octanol–water partition coefficient (Wildman–Crippen LogP) is 3.54. The van der Waals surface area contributed by atoms with E-state index >= 15 is 0 Å². The van der Waals surface area contributed by atoms with E-state index in [1.807, 2.05) is 0 Å². The Kier molecular flexibility index (Phi) is 4.38. The summed E-state index contributed by atoms with van der Waals surface area (Å²) >= 11 is 0. The van der Waals surface area contributed by atoms with E-state index in [9.17, 15) is 18.0 Å². The van der Waals surface area contributed by atoms with Crippen LogP contribution < -0.4 is 5.32 Å². The van der Waals surface area contributed by atoms with Gasteiger partial charge in [-0.3, -0.25) is 4.79 Å². The van der Waals surface area contributed by atoms with Gasteiger partial charge in [-0.2, -0.15) is 13.2 Å². The van der Waals surface area contributed by atoms with Crippen molar-refractivity contribution in [2.45, 2.75) is 33.0 Å². The van der Waals surface area contributed by atoms with Crippen molar-refractivity contribution < 1.29 is 18.0 Å². The number of rotatable bonds is 3. The third kappa shape index (κ3) is 3.75. The lowest BCUT2D eigenvalue weighted by molar-refractivity contribution is -0.137. The van der Waals surface area contributed by atoms with Crippen molar-refractivity contribution in [2.75, 3.05) is 0 Å². The molecule has 0 heterocycles. The molecule has 0 spiro atoms. The van der Waals surface area contributed by atoms with E-state index < -0.39 is 11.7 Å². The lowest BCUT2D eigenvalue weighted by atomic mass is 10.0. The molecule has 1 amide bonds. The highest BCUT2D eigenvalue weighted by atomic mass is 19.4. The van der Waals surface area contributed by atoms with E-state index in [-0.39, 0.29) is 17.9 Å². The first-order valence-electron chi connectivity index (χ1n) is 5.69. The fourth-order valence-electron chi connectivity index (χ4n) is 1.42. The molecule has 0 aliphatic rings. The second-order valence-electron chi connectivity index (χ2n) is 4.50. The summed E-state index contributed by atoms with van der Waals surface area (Å²) < 4.78 is 37.1. The number of carbonyl (C=O) groups excluding carboxylic acids is 1. The summed E-state index contributed by atoms with van der Waals surface area (Å²) in [6, 6.07) is 4.50. The van der Waals surface area contributed by atoms with Gasteiger partial charge in [0.15, 0.2) is 0 Å². The van der Waals surface area contributed by atoms with Crippen LogP contribution in [-0.4, -0.2) is 5.91 Å². The summed E-state index contributed by atoms with van der Waals surface area (Å²) in [5.74, 6) is -0.274. The summed E-state index contributed by atoms with van der Waals surface area (Å²) in [4.78, 5) is 11.5. The van der Waals surface area contributed by atoms with Crippen LogP contribution in [0.15, 0.2) is 24.3 Å². The fourth-order valence-corrected chi connectivity index (χ4v) is 1.42. The molecule has 0 unspecified atom stereocenters. The van der Waals surface area contributed by atoms with E-state index in [2.05, 4.69) is 5.32 Å². The van der Waals surface area contributed by atoms with Crippen molar-refractivity contribution >= 4 is 5.91 Å². The van der Waals surface area contributed by atoms with E-state index in [4.69, 9.17) is 0 Å². The lowest BCUT2D eigenvalue weighted by Crippen LogP contribution is -2.30. The largest absolute Gasteiger partial charge is 0.416 e. The number of benzene rings is 1. The Balaban J connectivity index is 2.76. The number of alkyl halides is 3. The molecule has 0 bridgehead atoms. The summed E-state index contributed by atoms with van der Waals surface area (Å²) in [5.41, 5.74) is -0.0364. The van der Waals surface area contributed by atoms with E-state index in [1.54, 1.807) is 20.8 Å². The van der Waals surface area contributed by atoms with Gasteiger partial charge in [0.05, 0.1) is 11.6 Å². The molecule has 1 rings (SSSR count). The molecule has 0 aliphatic carbocycles. The molecule has 1 N–H and O–H groups in total. The zero-order valence-electron chi connectivity index (χ0n) is 10.5. The van der Waals surface area contributed by atoms with Gasteiger partial charge in [-0.05, 0) is 24.6 Å². The van der Waals surface area contributed by atoms with Crippen molar-refractivity contribution in [2.24, 2.45) is 5.92 Å². The van der Waals surface area contributed by atoms with Gasteiger partial charge in [-0.1, -0.05) is 26.0 Å². The van der Waals surface area contributed by atoms with Crippen LogP contribution >= 0.6 is 0 Å². The second kappa shape index (κ2) is 5.42. The molecule has 0 aromatic heterocycles. The van der Waals surface area contributed by atoms with Crippen molar-refractivity contribution in [3.63, 3.8) is 0 Å². The van der Waals surface area contributed by atoms with E-state index in [1.165, 1.54) is 12.1 Å². The van der Waals surface area contributed by atoms with Gasteiger partial charge < -0.3 is 5.32 Å². The van der Waals surface area contributed by atoms with Gasteiger partial charge in [0, 0.05) is 5.92 Å². The Morgan fingerprint density at radius 2 is 1.61 bits per heavy atom. The zero-order valence-corrected chi connectivity index (χ0v) is 10.5. The third-order valence-electron chi connectivity index (χ3n) is 2.62. The van der Waals surface area contributed by atoms with Crippen LogP contribution in [-0.2, 0) is 11.0 Å². The van der Waals surface area contributed by atoms with E-state index in [0.717, 1.165) is 12.1 Å². The molecule has 0 aliphatic heterocycles. The smallest absolute Gasteiger partial charge is 0.349 e. The molecule has 18 heavy (non-hydrogen) atoms. The molecular weight excluding hydrogens is 243 g/mol. The molecule has 0 saturated carbocycles. The molecule has 100 valence electrons. The fraction of sp³-hybridized carbons (Fsp3) is 0.462. The first-order chi connectivity index (χ1) is 8.21. The Morgan fingerprint density at radius 3 is 2.00 bits per heavy atom. The predicted molar refractivity (Wildman–Crippen MR) is 62.8 cm³/mol. The van der Waals surface area contributed by atoms with Crippen LogP contribution in [0.3, 0.4) is 0 Å². The Hall–Kier alpha value is -1.52. The summed E-state index contributed by atoms with van der Waals surface area (Å²) in [7, 11) is 0. The maximum atomic E-state index is 12.4. The van der Waals surface area contributed by atoms with Crippen LogP contribution in [0.4, 0.5) is 13.2 Å². The molecule has 1 atom stereocenters. The minimum Gasteiger partial charge on any atom is -0.349 e. The molecule has 1 aromatic rings. The topological polar surface area (TPSA) is 29.1 Å². The quantitative estimate of drug-likeness (QED) is 0.883. The first-order valence-corrected chi connectivity index (χ1v) is 5.69. The second-order valence-corrected chi connectivity index (χ2v) is 4.50. The number of nitrogens with one attached hydrogen (secondary N) is 1. The van der Waals surface area contributed by atoms with Crippen molar-refractivity contribution in [3.8, 4) is 0 Å². The number of carbonyl (C=O) groups is 1. The number of hydrogen-bond acceptors (Lipinski definition) is 1. The first kappa shape index (κ1) is 14.5. The zero-order chi connectivity index (χ0) is 13.9. The van der Waals surface area contributed by atoms with Crippen LogP contribution in [0.25, 0.3) is 0 Å². The molecule has 0 fully saturated rings.